The molecular weight excluding hydrogens is 376 g/mol. The Hall–Kier alpha value is -2.06. The van der Waals surface area contributed by atoms with Gasteiger partial charge in [0.15, 0.2) is 0 Å². The molecule has 0 aliphatic carbocycles. The lowest BCUT2D eigenvalue weighted by Crippen LogP contribution is -2.41. The summed E-state index contributed by atoms with van der Waals surface area (Å²) in [6, 6.07) is 4.37. The predicted octanol–water partition coefficient (Wildman–Crippen LogP) is 4.37. The molecule has 0 aromatic heterocycles. The van der Waals surface area contributed by atoms with Crippen molar-refractivity contribution >= 4 is 19.3 Å². The first-order valence-corrected chi connectivity index (χ1v) is 9.60. The van der Waals surface area contributed by atoms with Gasteiger partial charge in [-0.3, -0.25) is 0 Å². The van der Waals surface area contributed by atoms with Crippen LogP contribution in [0.25, 0.3) is 6.08 Å². The summed E-state index contributed by atoms with van der Waals surface area (Å²) in [4.78, 5) is 12.1. The van der Waals surface area contributed by atoms with Gasteiger partial charge in [0, 0.05) is 12.6 Å². The first kappa shape index (κ1) is 23.2. The maximum absolute atomic E-state index is 13.9. The second-order valence-corrected chi connectivity index (χ2v) is 9.09. The van der Waals surface area contributed by atoms with Gasteiger partial charge in [0.05, 0.1) is 18.3 Å². The minimum Gasteiger partial charge on any atom is -0.497 e. The lowest BCUT2D eigenvalue weighted by atomic mass is 9.77. The van der Waals surface area contributed by atoms with Crippen molar-refractivity contribution in [3.8, 4) is 5.75 Å². The Morgan fingerprint density at radius 3 is 2.28 bits per heavy atom. The molecule has 6 nitrogen and oxygen atoms in total. The number of nitrogens with one attached hydrogen (secondary N) is 1. The van der Waals surface area contributed by atoms with Gasteiger partial charge in [0.25, 0.3) is 0 Å². The van der Waals surface area contributed by atoms with Gasteiger partial charge < -0.3 is 24.1 Å². The summed E-state index contributed by atoms with van der Waals surface area (Å²) in [5, 5.41) is 2.72. The number of carbonyl (C=O) groups excluding carboxylic acids is 1. The molecule has 1 amide bonds. The van der Waals surface area contributed by atoms with Crippen molar-refractivity contribution < 1.29 is 28.0 Å². The van der Waals surface area contributed by atoms with E-state index < -0.39 is 35.8 Å². The number of amides is 1. The Labute approximate surface area is 172 Å². The molecule has 29 heavy (non-hydrogen) atoms. The Morgan fingerprint density at radius 2 is 1.76 bits per heavy atom. The quantitative estimate of drug-likeness (QED) is 0.735. The van der Waals surface area contributed by atoms with Crippen LogP contribution in [0.5, 0.6) is 5.75 Å². The largest absolute Gasteiger partial charge is 0.497 e. The van der Waals surface area contributed by atoms with Crippen molar-refractivity contribution in [3.63, 3.8) is 0 Å². The Kier molecular flexibility index (Phi) is 6.70. The highest BCUT2D eigenvalue weighted by molar-refractivity contribution is 6.56. The maximum Gasteiger partial charge on any atom is 0.492 e. The number of carbonyl (C=O) groups is 1. The third kappa shape index (κ3) is 6.21. The van der Waals surface area contributed by atoms with Crippen molar-refractivity contribution in [2.45, 2.75) is 65.3 Å². The fourth-order valence-electron chi connectivity index (χ4n) is 2.68. The first-order chi connectivity index (χ1) is 13.2. The number of ether oxygens (including phenoxy) is 2. The van der Waals surface area contributed by atoms with E-state index >= 15 is 0 Å². The van der Waals surface area contributed by atoms with E-state index in [1.54, 1.807) is 32.9 Å². The van der Waals surface area contributed by atoms with Crippen LogP contribution in [0.4, 0.5) is 9.18 Å². The number of halogens is 1. The number of hydrogen-bond acceptors (Lipinski definition) is 5. The molecule has 0 bridgehead atoms. The Morgan fingerprint density at radius 1 is 1.17 bits per heavy atom. The first-order valence-electron chi connectivity index (χ1n) is 9.60. The molecule has 1 saturated heterocycles. The molecule has 1 aliphatic heterocycles. The average molecular weight is 407 g/mol. The van der Waals surface area contributed by atoms with Crippen molar-refractivity contribution in [2.75, 3.05) is 13.7 Å². The van der Waals surface area contributed by atoms with Gasteiger partial charge in [0.1, 0.15) is 17.2 Å². The van der Waals surface area contributed by atoms with Crippen molar-refractivity contribution in [2.24, 2.45) is 0 Å². The van der Waals surface area contributed by atoms with Crippen molar-refractivity contribution in [3.05, 3.63) is 35.1 Å². The van der Waals surface area contributed by atoms with Gasteiger partial charge in [-0.2, -0.15) is 0 Å². The highest BCUT2D eigenvalue weighted by Crippen LogP contribution is 2.38. The zero-order chi connectivity index (χ0) is 22.0. The number of alkyl carbamates (subject to hydrolysis) is 1. The smallest absolute Gasteiger partial charge is 0.492 e. The van der Waals surface area contributed by atoms with Crippen LogP contribution in [0.1, 0.15) is 54.0 Å². The fourth-order valence-corrected chi connectivity index (χ4v) is 2.68. The molecule has 1 aromatic rings. The second kappa shape index (κ2) is 8.36. The molecule has 1 N–H and O–H groups in total. The molecule has 1 aromatic carbocycles. The van der Waals surface area contributed by atoms with E-state index in [2.05, 4.69) is 5.32 Å². The van der Waals surface area contributed by atoms with Crippen LogP contribution in [0.2, 0.25) is 0 Å². The molecule has 1 aliphatic rings. The van der Waals surface area contributed by atoms with E-state index in [9.17, 15) is 9.18 Å². The van der Waals surface area contributed by atoms with Crippen LogP contribution in [-0.2, 0) is 14.0 Å². The molecule has 1 heterocycles. The van der Waals surface area contributed by atoms with Gasteiger partial charge in [0.2, 0.25) is 0 Å². The van der Waals surface area contributed by atoms with Crippen LogP contribution in [0.3, 0.4) is 0 Å². The highest BCUT2D eigenvalue weighted by Gasteiger charge is 2.52. The zero-order valence-electron chi connectivity index (χ0n) is 18.5. The molecule has 0 unspecified atom stereocenters. The second-order valence-electron chi connectivity index (χ2n) is 9.09. The minimum absolute atomic E-state index is 0.116. The molecule has 0 radical (unpaired) electrons. The fraction of sp³-hybridized carbons (Fsp3) is 0.571. The summed E-state index contributed by atoms with van der Waals surface area (Å²) in [6.45, 7) is 13.2. The van der Waals surface area contributed by atoms with Crippen LogP contribution >= 0.6 is 0 Å². The summed E-state index contributed by atoms with van der Waals surface area (Å²) in [7, 11) is 0.769. The topological polar surface area (TPSA) is 66.0 Å². The van der Waals surface area contributed by atoms with E-state index in [0.29, 0.717) is 16.8 Å². The van der Waals surface area contributed by atoms with Gasteiger partial charge >= 0.3 is 13.2 Å². The molecule has 0 spiro atoms. The minimum atomic E-state index is -0.704. The molecule has 160 valence electrons. The molecular formula is C21H31BFNO5. The number of benzene rings is 1. The Bertz CT molecular complexity index is 770. The SMILES string of the molecule is COc1cc(F)cc(C=C(CNC(=O)OC(C)(C)C)B2OC(C)(C)C(C)(C)O2)c1. The summed E-state index contributed by atoms with van der Waals surface area (Å²) in [5.74, 6) is -0.0337. The van der Waals surface area contributed by atoms with Crippen LogP contribution in [-0.4, -0.2) is 43.7 Å². The third-order valence-electron chi connectivity index (χ3n) is 4.87. The summed E-state index contributed by atoms with van der Waals surface area (Å²) < 4.78 is 36.6. The van der Waals surface area contributed by atoms with Gasteiger partial charge in [-0.05, 0) is 71.6 Å². The molecule has 0 saturated carbocycles. The zero-order valence-corrected chi connectivity index (χ0v) is 18.5. The molecule has 0 atom stereocenters. The van der Waals surface area contributed by atoms with E-state index in [1.165, 1.54) is 19.2 Å². The molecule has 1 fully saturated rings. The van der Waals surface area contributed by atoms with E-state index in [4.69, 9.17) is 18.8 Å². The summed E-state index contributed by atoms with van der Waals surface area (Å²) in [6.07, 6.45) is 1.17. The summed E-state index contributed by atoms with van der Waals surface area (Å²) in [5.41, 5.74) is -0.529. The van der Waals surface area contributed by atoms with Crippen LogP contribution in [0, 0.1) is 5.82 Å². The maximum atomic E-state index is 13.9. The Balaban J connectivity index is 2.31. The van der Waals surface area contributed by atoms with Crippen molar-refractivity contribution in [1.82, 2.24) is 5.32 Å². The van der Waals surface area contributed by atoms with Gasteiger partial charge in [-0.15, -0.1) is 0 Å². The normalized spacial score (nSPS) is 18.5. The van der Waals surface area contributed by atoms with Crippen molar-refractivity contribution in [1.29, 1.82) is 0 Å². The van der Waals surface area contributed by atoms with Crippen LogP contribution < -0.4 is 10.1 Å². The van der Waals surface area contributed by atoms with Crippen LogP contribution in [0.15, 0.2) is 23.7 Å². The molecule has 8 heteroatoms. The van der Waals surface area contributed by atoms with Gasteiger partial charge in [-0.25, -0.2) is 9.18 Å². The number of hydrogen-bond donors (Lipinski definition) is 1. The van der Waals surface area contributed by atoms with Gasteiger partial charge in [-0.1, -0.05) is 6.08 Å². The molecule has 2 rings (SSSR count). The number of methoxy groups -OCH3 is 1. The average Bonchev–Trinajstić information content (AvgIpc) is 2.77. The lowest BCUT2D eigenvalue weighted by molar-refractivity contribution is 0.00578. The van der Waals surface area contributed by atoms with E-state index in [-0.39, 0.29) is 6.54 Å². The van der Waals surface area contributed by atoms with E-state index in [0.717, 1.165) is 0 Å². The summed E-state index contributed by atoms with van der Waals surface area (Å²) >= 11 is 0. The predicted molar refractivity (Wildman–Crippen MR) is 111 cm³/mol. The number of rotatable bonds is 5. The standard InChI is InChI=1S/C21H31BFNO5/c1-19(2,3)27-18(25)24-13-15(22-28-20(4,5)21(6,7)29-22)9-14-10-16(23)12-17(11-14)26-8/h9-12H,13H2,1-8H3,(H,24,25). The highest BCUT2D eigenvalue weighted by atomic mass is 19.1. The third-order valence-corrected chi connectivity index (χ3v) is 4.87. The monoisotopic (exact) mass is 407 g/mol. The van der Waals surface area contributed by atoms with E-state index in [1.807, 2.05) is 27.7 Å². The lowest BCUT2D eigenvalue weighted by Gasteiger charge is -2.32.